The van der Waals surface area contributed by atoms with Gasteiger partial charge < -0.3 is 0 Å². The topological polar surface area (TPSA) is 64.5 Å². The van der Waals surface area contributed by atoms with Crippen molar-refractivity contribution in [3.05, 3.63) is 179 Å². The summed E-state index contributed by atoms with van der Waals surface area (Å²) in [5.74, 6) is 0. The molecule has 0 radical (unpaired) electrons. The fraction of sp³-hybridized carbons (Fsp3) is 0.255. The molecule has 0 unspecified atom stereocenters. The molecular weight excluding hydrogens is 763 g/mol. The van der Waals surface area contributed by atoms with Gasteiger partial charge in [-0.2, -0.15) is 0 Å². The maximum absolute atomic E-state index is 4.42. The standard InChI is InChI=1S/C12H12N2.C10H10S2.2C7H9N.C6H8S.C5H7NS/c1-9-5-3-7-11(13-9)12-8-4-6-10(2)14-12;1-7-3-5-9(11-7)10-6-4-8(2)12-10;1-6-3-4-7(2)8-5-6;1-6-4-3-5-7(2)8-6;1-5-3-4-6(2)7-5;1-4-3-6-5(2)7-4/h3-8H,1-2H3;3-6H,1-2H3;2*3-5H,1-2H3;3-4H,1-2H3;3H,1-2H3. The van der Waals surface area contributed by atoms with E-state index in [1.165, 1.54) is 39.7 Å². The van der Waals surface area contributed by atoms with Gasteiger partial charge in [0.25, 0.3) is 0 Å². The Kier molecular flexibility index (Phi) is 19.7. The van der Waals surface area contributed by atoms with Crippen molar-refractivity contribution in [3.63, 3.8) is 0 Å². The number of aromatic nitrogens is 5. The molecule has 8 aromatic rings. The SMILES string of the molecule is Cc1ccc(-c2ccc(C)s2)s1.Cc1ccc(C)nc1.Cc1ccc(C)s1.Cc1cccc(-c2cccc(C)n2)n1.Cc1cccc(C)n1.Cc1cnc(C)s1. The van der Waals surface area contributed by atoms with Crippen LogP contribution in [0.1, 0.15) is 63.4 Å². The number of pyridine rings is 4. The zero-order valence-electron chi connectivity index (χ0n) is 34.8. The predicted molar refractivity (Wildman–Crippen MR) is 247 cm³/mol. The maximum Gasteiger partial charge on any atom is 0.0896 e. The van der Waals surface area contributed by atoms with Crippen molar-refractivity contribution >= 4 is 45.3 Å². The molecule has 0 aromatic carbocycles. The number of thiazole rings is 1. The molecule has 8 heterocycles. The molecule has 0 aliphatic heterocycles. The summed E-state index contributed by atoms with van der Waals surface area (Å²) in [6, 6.07) is 35.0. The molecule has 8 rings (SSSR count). The monoisotopic (exact) mass is 817 g/mol. The lowest BCUT2D eigenvalue weighted by Crippen LogP contribution is -1.90. The van der Waals surface area contributed by atoms with Gasteiger partial charge in [0.1, 0.15) is 0 Å². The van der Waals surface area contributed by atoms with Crippen LogP contribution in [-0.2, 0) is 0 Å². The average Bonchev–Trinajstić information content (AvgIpc) is 3.97. The molecule has 0 bridgehead atoms. The first-order valence-corrected chi connectivity index (χ1v) is 21.7. The summed E-state index contributed by atoms with van der Waals surface area (Å²) >= 11 is 7.30. The Labute approximate surface area is 351 Å². The summed E-state index contributed by atoms with van der Waals surface area (Å²) in [7, 11) is 0. The van der Waals surface area contributed by atoms with E-state index in [1.807, 2.05) is 156 Å². The summed E-state index contributed by atoms with van der Waals surface area (Å²) in [6.07, 6.45) is 3.76. The van der Waals surface area contributed by atoms with Crippen molar-refractivity contribution in [2.75, 3.05) is 0 Å². The van der Waals surface area contributed by atoms with E-state index in [2.05, 4.69) is 102 Å². The number of thiophene rings is 3. The predicted octanol–water partition coefficient (Wildman–Crippen LogP) is 14.4. The molecule has 0 fully saturated rings. The van der Waals surface area contributed by atoms with E-state index in [0.29, 0.717) is 0 Å². The Morgan fingerprint density at radius 2 is 0.750 bits per heavy atom. The first kappa shape index (κ1) is 45.7. The van der Waals surface area contributed by atoms with Crippen molar-refractivity contribution in [2.24, 2.45) is 0 Å². The Balaban J connectivity index is 0.000000184. The summed E-state index contributed by atoms with van der Waals surface area (Å²) < 4.78 is 0. The van der Waals surface area contributed by atoms with Crippen LogP contribution in [0.3, 0.4) is 0 Å². The first-order chi connectivity index (χ1) is 26.7. The fourth-order valence-electron chi connectivity index (χ4n) is 4.75. The highest BCUT2D eigenvalue weighted by molar-refractivity contribution is 7.22. The van der Waals surface area contributed by atoms with Crippen LogP contribution in [0.4, 0.5) is 0 Å². The normalized spacial score (nSPS) is 9.79. The molecule has 9 heteroatoms. The smallest absolute Gasteiger partial charge is 0.0896 e. The second-order valence-corrected chi connectivity index (χ2v) is 18.7. The van der Waals surface area contributed by atoms with Crippen molar-refractivity contribution in [3.8, 4) is 21.1 Å². The molecule has 8 aromatic heterocycles. The van der Waals surface area contributed by atoms with Gasteiger partial charge in [0, 0.05) is 75.0 Å². The molecule has 292 valence electrons. The summed E-state index contributed by atoms with van der Waals surface area (Å²) in [5, 5.41) is 1.15. The van der Waals surface area contributed by atoms with Crippen LogP contribution in [-0.4, -0.2) is 24.9 Å². The molecule has 0 aliphatic rings. The van der Waals surface area contributed by atoms with E-state index in [4.69, 9.17) is 0 Å². The molecule has 0 spiro atoms. The quantitative estimate of drug-likeness (QED) is 0.174. The van der Waals surface area contributed by atoms with Crippen molar-refractivity contribution < 1.29 is 0 Å². The highest BCUT2D eigenvalue weighted by Gasteiger charge is 2.02. The second kappa shape index (κ2) is 24.1. The zero-order chi connectivity index (χ0) is 41.0. The van der Waals surface area contributed by atoms with Crippen LogP contribution in [0.25, 0.3) is 21.1 Å². The van der Waals surface area contributed by atoms with Crippen LogP contribution in [0, 0.1) is 83.1 Å². The van der Waals surface area contributed by atoms with Gasteiger partial charge >= 0.3 is 0 Å². The maximum atomic E-state index is 4.42. The lowest BCUT2D eigenvalue weighted by Gasteiger charge is -2.01. The lowest BCUT2D eigenvalue weighted by atomic mass is 10.2. The van der Waals surface area contributed by atoms with Crippen LogP contribution < -0.4 is 0 Å². The van der Waals surface area contributed by atoms with Gasteiger partial charge in [-0.25, -0.2) is 4.98 Å². The number of hydrogen-bond acceptors (Lipinski definition) is 9. The van der Waals surface area contributed by atoms with Gasteiger partial charge in [-0.3, -0.25) is 19.9 Å². The third kappa shape index (κ3) is 18.3. The number of aryl methyl sites for hydroxylation is 12. The minimum atomic E-state index is 0.939. The average molecular weight is 818 g/mol. The highest BCUT2D eigenvalue weighted by Crippen LogP contribution is 2.32. The largest absolute Gasteiger partial charge is 0.261 e. The summed E-state index contributed by atoms with van der Waals surface area (Å²) in [4.78, 5) is 30.8. The molecule has 0 amide bonds. The number of hydrogen-bond donors (Lipinski definition) is 0. The van der Waals surface area contributed by atoms with E-state index in [9.17, 15) is 0 Å². The number of rotatable bonds is 2. The van der Waals surface area contributed by atoms with Crippen LogP contribution >= 0.6 is 45.3 Å². The fourth-order valence-corrected chi connectivity index (χ4v) is 8.03. The Morgan fingerprint density at radius 1 is 0.321 bits per heavy atom. The third-order valence-corrected chi connectivity index (χ3v) is 11.4. The molecule has 0 aliphatic carbocycles. The molecule has 5 nitrogen and oxygen atoms in total. The number of nitrogens with zero attached hydrogens (tertiary/aromatic N) is 5. The van der Waals surface area contributed by atoms with E-state index in [-0.39, 0.29) is 0 Å². The van der Waals surface area contributed by atoms with Gasteiger partial charge in [0.15, 0.2) is 0 Å². The zero-order valence-corrected chi connectivity index (χ0v) is 38.1. The molecular formula is C47H55N5S4. The van der Waals surface area contributed by atoms with Gasteiger partial charge in [0.2, 0.25) is 0 Å². The van der Waals surface area contributed by atoms with E-state index < -0.39 is 0 Å². The Hall–Kier alpha value is -4.67. The Morgan fingerprint density at radius 3 is 1.00 bits per heavy atom. The summed E-state index contributed by atoms with van der Waals surface area (Å²) in [6.45, 7) is 24.6. The first-order valence-electron chi connectivity index (χ1n) is 18.4. The van der Waals surface area contributed by atoms with Gasteiger partial charge in [-0.1, -0.05) is 24.3 Å². The molecule has 0 atom stereocenters. The van der Waals surface area contributed by atoms with Gasteiger partial charge in [-0.15, -0.1) is 45.3 Å². The van der Waals surface area contributed by atoms with E-state index in [1.54, 1.807) is 11.3 Å². The third-order valence-electron chi connectivity index (χ3n) is 7.46. The van der Waals surface area contributed by atoms with Crippen molar-refractivity contribution in [2.45, 2.75) is 83.1 Å². The molecule has 0 N–H and O–H groups in total. The molecule has 0 saturated heterocycles. The van der Waals surface area contributed by atoms with Gasteiger partial charge in [-0.05, 0) is 168 Å². The van der Waals surface area contributed by atoms with Crippen molar-refractivity contribution in [1.29, 1.82) is 0 Å². The molecule has 0 saturated carbocycles. The Bertz CT molecular complexity index is 2120. The second-order valence-electron chi connectivity index (χ2n) is 13.2. The van der Waals surface area contributed by atoms with E-state index in [0.717, 1.165) is 44.9 Å². The minimum absolute atomic E-state index is 0.939. The van der Waals surface area contributed by atoms with Crippen LogP contribution in [0.15, 0.2) is 116 Å². The lowest BCUT2D eigenvalue weighted by molar-refractivity contribution is 1.12. The molecule has 56 heavy (non-hydrogen) atoms. The minimum Gasteiger partial charge on any atom is -0.261 e. The van der Waals surface area contributed by atoms with Crippen LogP contribution in [0.2, 0.25) is 0 Å². The summed E-state index contributed by atoms with van der Waals surface area (Å²) in [5.41, 5.74) is 8.39. The van der Waals surface area contributed by atoms with E-state index >= 15 is 0 Å². The highest BCUT2D eigenvalue weighted by atomic mass is 32.1. The van der Waals surface area contributed by atoms with Crippen molar-refractivity contribution in [1.82, 2.24) is 24.9 Å². The van der Waals surface area contributed by atoms with Crippen LogP contribution in [0.5, 0.6) is 0 Å². The van der Waals surface area contributed by atoms with Gasteiger partial charge in [0.05, 0.1) is 16.4 Å².